The van der Waals surface area contributed by atoms with Crippen LogP contribution in [0.4, 0.5) is 14.5 Å². The van der Waals surface area contributed by atoms with Crippen molar-refractivity contribution in [2.45, 2.75) is 50.2 Å². The molecule has 1 heterocycles. The van der Waals surface area contributed by atoms with Crippen LogP contribution < -0.4 is 16.0 Å². The molecule has 1 saturated heterocycles. The van der Waals surface area contributed by atoms with Crippen LogP contribution in [0.1, 0.15) is 32.1 Å². The van der Waals surface area contributed by atoms with Gasteiger partial charge in [0.1, 0.15) is 0 Å². The lowest BCUT2D eigenvalue weighted by Gasteiger charge is -2.40. The summed E-state index contributed by atoms with van der Waals surface area (Å²) in [6.45, 7) is 0. The molecular formula is C16H19F2N3O2. The van der Waals surface area contributed by atoms with E-state index in [2.05, 4.69) is 16.0 Å². The standard InChI is InChI=1S/C16H19F2N3O2/c17-10-6-5-9(7-11(10)18)19-15(22)8-14-16(23)21-13-4-2-1-3-12(13)20-14/h5-7,12-14,20H,1-4,8H2,(H,19,22)(H,21,23)/t12-,13+,14-/m0/s1. The van der Waals surface area contributed by atoms with Gasteiger partial charge < -0.3 is 16.0 Å². The van der Waals surface area contributed by atoms with E-state index >= 15 is 0 Å². The average Bonchev–Trinajstić information content (AvgIpc) is 2.51. The molecule has 23 heavy (non-hydrogen) atoms. The van der Waals surface area contributed by atoms with Crippen LogP contribution in [-0.2, 0) is 9.59 Å². The summed E-state index contributed by atoms with van der Waals surface area (Å²) in [5.74, 6) is -2.60. The minimum Gasteiger partial charge on any atom is -0.350 e. The summed E-state index contributed by atoms with van der Waals surface area (Å²) in [6.07, 6.45) is 4.10. The molecule has 3 atom stereocenters. The first-order valence-electron chi connectivity index (χ1n) is 7.84. The largest absolute Gasteiger partial charge is 0.350 e. The molecular weight excluding hydrogens is 304 g/mol. The highest BCUT2D eigenvalue weighted by Gasteiger charge is 2.36. The number of hydrogen-bond acceptors (Lipinski definition) is 3. The zero-order valence-electron chi connectivity index (χ0n) is 12.6. The molecule has 3 rings (SSSR count). The lowest BCUT2D eigenvalue weighted by Crippen LogP contribution is -2.65. The molecule has 2 amide bonds. The van der Waals surface area contributed by atoms with Gasteiger partial charge in [-0.15, -0.1) is 0 Å². The van der Waals surface area contributed by atoms with E-state index in [0.717, 1.165) is 37.8 Å². The maximum atomic E-state index is 13.1. The van der Waals surface area contributed by atoms with Gasteiger partial charge >= 0.3 is 0 Å². The van der Waals surface area contributed by atoms with Gasteiger partial charge in [0, 0.05) is 23.8 Å². The third kappa shape index (κ3) is 3.67. The lowest BCUT2D eigenvalue weighted by atomic mass is 9.87. The Hall–Kier alpha value is -2.02. The van der Waals surface area contributed by atoms with Crippen molar-refractivity contribution >= 4 is 17.5 Å². The van der Waals surface area contributed by atoms with Gasteiger partial charge in [-0.3, -0.25) is 9.59 Å². The van der Waals surface area contributed by atoms with Gasteiger partial charge in [0.15, 0.2) is 11.6 Å². The van der Waals surface area contributed by atoms with Crippen LogP contribution in [0.15, 0.2) is 18.2 Å². The van der Waals surface area contributed by atoms with Gasteiger partial charge in [-0.25, -0.2) is 8.78 Å². The molecule has 1 aliphatic carbocycles. The highest BCUT2D eigenvalue weighted by molar-refractivity contribution is 5.95. The van der Waals surface area contributed by atoms with Crippen LogP contribution in [0.5, 0.6) is 0 Å². The molecule has 0 aromatic heterocycles. The SMILES string of the molecule is O=C(C[C@@H]1N[C@H]2CCCC[C@H]2NC1=O)Nc1ccc(F)c(F)c1. The van der Waals surface area contributed by atoms with Crippen LogP contribution in [0, 0.1) is 11.6 Å². The molecule has 0 bridgehead atoms. The number of halogens is 2. The summed E-state index contributed by atoms with van der Waals surface area (Å²) in [6, 6.07) is 2.88. The van der Waals surface area contributed by atoms with Crippen molar-refractivity contribution in [3.63, 3.8) is 0 Å². The Bertz CT molecular complexity index is 623. The molecule has 124 valence electrons. The van der Waals surface area contributed by atoms with Crippen molar-refractivity contribution in [3.8, 4) is 0 Å². The second kappa shape index (κ2) is 6.62. The number of amides is 2. The van der Waals surface area contributed by atoms with E-state index < -0.39 is 23.6 Å². The number of nitrogens with one attached hydrogen (secondary N) is 3. The fraction of sp³-hybridized carbons (Fsp3) is 0.500. The van der Waals surface area contributed by atoms with Crippen molar-refractivity contribution in [2.24, 2.45) is 0 Å². The molecule has 0 spiro atoms. The zero-order chi connectivity index (χ0) is 16.4. The van der Waals surface area contributed by atoms with Gasteiger partial charge in [-0.05, 0) is 25.0 Å². The number of carbonyl (C=O) groups excluding carboxylic acids is 2. The summed E-state index contributed by atoms with van der Waals surface area (Å²) in [7, 11) is 0. The molecule has 1 aromatic carbocycles. The molecule has 1 aromatic rings. The fourth-order valence-electron chi connectivity index (χ4n) is 3.24. The molecule has 1 aliphatic heterocycles. The van der Waals surface area contributed by atoms with Gasteiger partial charge in [0.05, 0.1) is 12.5 Å². The van der Waals surface area contributed by atoms with E-state index in [-0.39, 0.29) is 30.1 Å². The highest BCUT2D eigenvalue weighted by Crippen LogP contribution is 2.22. The molecule has 3 N–H and O–H groups in total. The molecule has 2 fully saturated rings. The van der Waals surface area contributed by atoms with Crippen LogP contribution in [-0.4, -0.2) is 29.9 Å². The van der Waals surface area contributed by atoms with Gasteiger partial charge in [0.25, 0.3) is 0 Å². The number of anilines is 1. The van der Waals surface area contributed by atoms with E-state index in [1.807, 2.05) is 0 Å². The number of rotatable bonds is 3. The third-order valence-electron chi connectivity index (χ3n) is 4.42. The first kappa shape index (κ1) is 15.9. The molecule has 7 heteroatoms. The quantitative estimate of drug-likeness (QED) is 0.793. The Morgan fingerprint density at radius 1 is 1.17 bits per heavy atom. The van der Waals surface area contributed by atoms with Crippen molar-refractivity contribution in [3.05, 3.63) is 29.8 Å². The maximum Gasteiger partial charge on any atom is 0.237 e. The second-order valence-electron chi connectivity index (χ2n) is 6.11. The van der Waals surface area contributed by atoms with Crippen LogP contribution >= 0.6 is 0 Å². The number of carbonyl (C=O) groups is 2. The number of fused-ring (bicyclic) bond motifs is 1. The lowest BCUT2D eigenvalue weighted by molar-refractivity contribution is -0.129. The normalized spacial score (nSPS) is 27.0. The maximum absolute atomic E-state index is 13.1. The molecule has 2 aliphatic rings. The summed E-state index contributed by atoms with van der Waals surface area (Å²) >= 11 is 0. The van der Waals surface area contributed by atoms with E-state index in [0.29, 0.717) is 0 Å². The van der Waals surface area contributed by atoms with Crippen molar-refractivity contribution in [1.29, 1.82) is 0 Å². The third-order valence-corrected chi connectivity index (χ3v) is 4.42. The highest BCUT2D eigenvalue weighted by atomic mass is 19.2. The van der Waals surface area contributed by atoms with E-state index in [4.69, 9.17) is 0 Å². The first-order chi connectivity index (χ1) is 11.0. The van der Waals surface area contributed by atoms with Crippen molar-refractivity contribution in [2.75, 3.05) is 5.32 Å². The number of piperazine rings is 1. The van der Waals surface area contributed by atoms with Crippen LogP contribution in [0.2, 0.25) is 0 Å². The van der Waals surface area contributed by atoms with E-state index in [1.165, 1.54) is 6.07 Å². The smallest absolute Gasteiger partial charge is 0.237 e. The first-order valence-corrected chi connectivity index (χ1v) is 7.84. The Morgan fingerprint density at radius 3 is 2.65 bits per heavy atom. The minimum atomic E-state index is -1.03. The summed E-state index contributed by atoms with van der Waals surface area (Å²) in [4.78, 5) is 24.1. The Balaban J connectivity index is 1.58. The minimum absolute atomic E-state index is 0.0476. The molecule has 1 saturated carbocycles. The second-order valence-corrected chi connectivity index (χ2v) is 6.11. The van der Waals surface area contributed by atoms with Crippen LogP contribution in [0.3, 0.4) is 0 Å². The molecule has 0 unspecified atom stereocenters. The topological polar surface area (TPSA) is 70.2 Å². The van der Waals surface area contributed by atoms with Crippen molar-refractivity contribution < 1.29 is 18.4 Å². The Kier molecular flexibility index (Phi) is 4.56. The zero-order valence-corrected chi connectivity index (χ0v) is 12.6. The van der Waals surface area contributed by atoms with Gasteiger partial charge in [-0.2, -0.15) is 0 Å². The Morgan fingerprint density at radius 2 is 1.91 bits per heavy atom. The summed E-state index contributed by atoms with van der Waals surface area (Å²) in [5, 5.41) is 8.68. The fourth-order valence-corrected chi connectivity index (χ4v) is 3.24. The Labute approximate surface area is 132 Å². The number of hydrogen-bond donors (Lipinski definition) is 3. The predicted molar refractivity (Wildman–Crippen MR) is 80.7 cm³/mol. The van der Waals surface area contributed by atoms with Gasteiger partial charge in [-0.1, -0.05) is 12.8 Å². The van der Waals surface area contributed by atoms with Crippen LogP contribution in [0.25, 0.3) is 0 Å². The average molecular weight is 323 g/mol. The van der Waals surface area contributed by atoms with Crippen molar-refractivity contribution in [1.82, 2.24) is 10.6 Å². The summed E-state index contributed by atoms with van der Waals surface area (Å²) < 4.78 is 26.0. The molecule has 0 radical (unpaired) electrons. The van der Waals surface area contributed by atoms with Gasteiger partial charge in [0.2, 0.25) is 11.8 Å². The number of benzene rings is 1. The summed E-state index contributed by atoms with van der Waals surface area (Å²) in [5.41, 5.74) is 0.167. The predicted octanol–water partition coefficient (Wildman–Crippen LogP) is 1.69. The van der Waals surface area contributed by atoms with E-state index in [9.17, 15) is 18.4 Å². The molecule has 5 nitrogen and oxygen atoms in total. The van der Waals surface area contributed by atoms with E-state index in [1.54, 1.807) is 0 Å². The monoisotopic (exact) mass is 323 g/mol.